The summed E-state index contributed by atoms with van der Waals surface area (Å²) in [6, 6.07) is -0.0365. The molecule has 76 valence electrons. The van der Waals surface area contributed by atoms with Crippen molar-refractivity contribution >= 4 is 6.03 Å². The first kappa shape index (κ1) is 10.3. The van der Waals surface area contributed by atoms with Gasteiger partial charge in [-0.3, -0.25) is 4.90 Å². The van der Waals surface area contributed by atoms with E-state index in [0.717, 1.165) is 13.0 Å². The Kier molecular flexibility index (Phi) is 2.81. The summed E-state index contributed by atoms with van der Waals surface area (Å²) in [6.45, 7) is 6.69. The van der Waals surface area contributed by atoms with E-state index in [1.54, 1.807) is 12.0 Å². The van der Waals surface area contributed by atoms with Gasteiger partial charge in [-0.2, -0.15) is 0 Å². The fraction of sp³-hybridized carbons (Fsp3) is 0.889. The lowest BCUT2D eigenvalue weighted by Gasteiger charge is -2.40. The molecule has 0 aromatic heterocycles. The van der Waals surface area contributed by atoms with Crippen molar-refractivity contribution in [2.45, 2.75) is 39.0 Å². The average Bonchev–Trinajstić information content (AvgIpc) is 1.80. The Balaban J connectivity index is 2.40. The Bertz CT molecular complexity index is 196. The van der Waals surface area contributed by atoms with Gasteiger partial charge in [-0.1, -0.05) is 0 Å². The molecule has 1 aliphatic rings. The third-order valence-corrected chi connectivity index (χ3v) is 1.98. The predicted molar refractivity (Wildman–Crippen MR) is 50.4 cm³/mol. The van der Waals surface area contributed by atoms with Gasteiger partial charge in [0.05, 0.1) is 0 Å². The normalized spacial score (nSPS) is 22.5. The number of ether oxygens (including phenoxy) is 1. The fourth-order valence-corrected chi connectivity index (χ4v) is 1.23. The quantitative estimate of drug-likeness (QED) is 0.668. The molecule has 1 atom stereocenters. The number of urea groups is 1. The first-order chi connectivity index (χ1) is 5.94. The van der Waals surface area contributed by atoms with Crippen LogP contribution < -0.4 is 5.32 Å². The summed E-state index contributed by atoms with van der Waals surface area (Å²) < 4.78 is 5.10. The highest BCUT2D eigenvalue weighted by molar-refractivity contribution is 5.75. The number of likely N-dealkylation sites (tertiary alicyclic amines) is 1. The smallest absolute Gasteiger partial charge is 0.319 e. The molecule has 0 aromatic rings. The van der Waals surface area contributed by atoms with E-state index >= 15 is 0 Å². The van der Waals surface area contributed by atoms with E-state index in [9.17, 15) is 4.79 Å². The van der Waals surface area contributed by atoms with Crippen LogP contribution in [0.3, 0.4) is 0 Å². The monoisotopic (exact) mass is 186 g/mol. The molecule has 1 heterocycles. The Morgan fingerprint density at radius 3 is 2.46 bits per heavy atom. The number of nitrogens with zero attached hydrogens (tertiary/aromatic N) is 1. The van der Waals surface area contributed by atoms with E-state index in [1.807, 2.05) is 20.8 Å². The summed E-state index contributed by atoms with van der Waals surface area (Å²) in [6.07, 6.45) is 0.913. The van der Waals surface area contributed by atoms with Crippen molar-refractivity contribution in [2.24, 2.45) is 0 Å². The van der Waals surface area contributed by atoms with Gasteiger partial charge in [0.2, 0.25) is 0 Å². The molecule has 4 heteroatoms. The van der Waals surface area contributed by atoms with Crippen LogP contribution in [0.25, 0.3) is 0 Å². The molecule has 1 rings (SSSR count). The predicted octanol–water partition coefficient (Wildman–Crippen LogP) is 1.17. The molecular weight excluding hydrogens is 168 g/mol. The highest BCUT2D eigenvalue weighted by atomic mass is 16.5. The summed E-state index contributed by atoms with van der Waals surface area (Å²) in [5.74, 6) is 0. The highest BCUT2D eigenvalue weighted by Gasteiger charge is 2.33. The summed E-state index contributed by atoms with van der Waals surface area (Å²) in [5, 5.41) is 2.89. The van der Waals surface area contributed by atoms with E-state index in [-0.39, 0.29) is 17.8 Å². The molecule has 0 radical (unpaired) electrons. The number of nitrogens with one attached hydrogen (secondary N) is 1. The number of amides is 2. The second-order valence-corrected chi connectivity index (χ2v) is 4.35. The zero-order valence-electron chi connectivity index (χ0n) is 8.76. The Morgan fingerprint density at radius 1 is 1.54 bits per heavy atom. The number of hydrogen-bond donors (Lipinski definition) is 1. The second-order valence-electron chi connectivity index (χ2n) is 4.35. The number of rotatable bonds is 1. The number of carbonyl (C=O) groups is 1. The van der Waals surface area contributed by atoms with Crippen LogP contribution in [-0.4, -0.2) is 36.4 Å². The first-order valence-corrected chi connectivity index (χ1v) is 4.55. The minimum atomic E-state index is -0.176. The molecule has 1 N–H and O–H groups in total. The van der Waals surface area contributed by atoms with Crippen molar-refractivity contribution in [3.05, 3.63) is 0 Å². The summed E-state index contributed by atoms with van der Waals surface area (Å²) in [5.41, 5.74) is -0.176. The second kappa shape index (κ2) is 3.54. The van der Waals surface area contributed by atoms with Crippen LogP contribution in [0.5, 0.6) is 0 Å². The number of hydrogen-bond acceptors (Lipinski definition) is 2. The molecule has 13 heavy (non-hydrogen) atoms. The van der Waals surface area contributed by atoms with E-state index in [1.165, 1.54) is 0 Å². The van der Waals surface area contributed by atoms with Crippen LogP contribution in [-0.2, 0) is 4.74 Å². The zero-order valence-corrected chi connectivity index (χ0v) is 8.76. The van der Waals surface area contributed by atoms with Gasteiger partial charge in [-0.25, -0.2) is 4.79 Å². The maximum atomic E-state index is 11.5. The van der Waals surface area contributed by atoms with Crippen molar-refractivity contribution in [3.63, 3.8) is 0 Å². The van der Waals surface area contributed by atoms with Crippen molar-refractivity contribution < 1.29 is 9.53 Å². The van der Waals surface area contributed by atoms with Crippen LogP contribution in [0.2, 0.25) is 0 Å². The van der Waals surface area contributed by atoms with E-state index in [2.05, 4.69) is 5.32 Å². The van der Waals surface area contributed by atoms with Crippen LogP contribution >= 0.6 is 0 Å². The molecule has 2 amide bonds. The topological polar surface area (TPSA) is 41.6 Å². The molecule has 1 unspecified atom stereocenters. The highest BCUT2D eigenvalue weighted by Crippen LogP contribution is 2.18. The van der Waals surface area contributed by atoms with Crippen molar-refractivity contribution in [3.8, 4) is 0 Å². The Morgan fingerprint density at radius 2 is 2.15 bits per heavy atom. The fourth-order valence-electron chi connectivity index (χ4n) is 1.23. The molecule has 0 bridgehead atoms. The van der Waals surface area contributed by atoms with Gasteiger partial charge < -0.3 is 10.1 Å². The molecule has 1 fully saturated rings. The van der Waals surface area contributed by atoms with Gasteiger partial charge >= 0.3 is 6.03 Å². The zero-order chi connectivity index (χ0) is 10.1. The van der Waals surface area contributed by atoms with E-state index in [0.29, 0.717) is 0 Å². The van der Waals surface area contributed by atoms with Crippen LogP contribution in [0, 0.1) is 0 Å². The van der Waals surface area contributed by atoms with Crippen molar-refractivity contribution in [1.82, 2.24) is 10.2 Å². The van der Waals surface area contributed by atoms with Gasteiger partial charge in [0.15, 0.2) is 0 Å². The minimum Gasteiger partial charge on any atom is -0.361 e. The molecule has 0 aliphatic carbocycles. The SMILES string of the molecule is COC1CCN1C(=O)NC(C)(C)C. The molecule has 0 aromatic carbocycles. The van der Waals surface area contributed by atoms with Crippen LogP contribution in [0.15, 0.2) is 0 Å². The molecule has 1 aliphatic heterocycles. The van der Waals surface area contributed by atoms with Crippen LogP contribution in [0.1, 0.15) is 27.2 Å². The molecule has 0 spiro atoms. The average molecular weight is 186 g/mol. The summed E-state index contributed by atoms with van der Waals surface area (Å²) in [4.78, 5) is 13.2. The third-order valence-electron chi connectivity index (χ3n) is 1.98. The minimum absolute atomic E-state index is 0.0256. The van der Waals surface area contributed by atoms with E-state index < -0.39 is 0 Å². The van der Waals surface area contributed by atoms with Crippen molar-refractivity contribution in [1.29, 1.82) is 0 Å². The maximum Gasteiger partial charge on any atom is 0.319 e. The molecular formula is C9H18N2O2. The number of methoxy groups -OCH3 is 1. The Hall–Kier alpha value is -0.770. The molecule has 1 saturated heterocycles. The largest absolute Gasteiger partial charge is 0.361 e. The van der Waals surface area contributed by atoms with Gasteiger partial charge in [0.1, 0.15) is 6.23 Å². The lowest BCUT2D eigenvalue weighted by atomic mass is 10.1. The lowest BCUT2D eigenvalue weighted by Crippen LogP contribution is -2.58. The summed E-state index contributed by atoms with van der Waals surface area (Å²) in [7, 11) is 1.63. The lowest BCUT2D eigenvalue weighted by molar-refractivity contribution is -0.0724. The molecule has 4 nitrogen and oxygen atoms in total. The molecule has 0 saturated carbocycles. The van der Waals surface area contributed by atoms with Crippen molar-refractivity contribution in [2.75, 3.05) is 13.7 Å². The summed E-state index contributed by atoms with van der Waals surface area (Å²) >= 11 is 0. The van der Waals surface area contributed by atoms with Crippen LogP contribution in [0.4, 0.5) is 4.79 Å². The maximum absolute atomic E-state index is 11.5. The standard InChI is InChI=1S/C9H18N2O2/c1-9(2,3)10-8(12)11-6-5-7(11)13-4/h7H,5-6H2,1-4H3,(H,10,12). The van der Waals surface area contributed by atoms with E-state index in [4.69, 9.17) is 4.74 Å². The van der Waals surface area contributed by atoms with Gasteiger partial charge in [0.25, 0.3) is 0 Å². The third kappa shape index (κ3) is 2.59. The van der Waals surface area contributed by atoms with Gasteiger partial charge in [-0.05, 0) is 20.8 Å². The van der Waals surface area contributed by atoms with Gasteiger partial charge in [-0.15, -0.1) is 0 Å². The first-order valence-electron chi connectivity index (χ1n) is 4.55. The van der Waals surface area contributed by atoms with Gasteiger partial charge in [0, 0.05) is 25.6 Å². The number of carbonyl (C=O) groups excluding carboxylic acids is 1. The Labute approximate surface area is 79.2 Å².